The Morgan fingerprint density at radius 1 is 1.46 bits per heavy atom. The molecule has 0 saturated carbocycles. The minimum Gasteiger partial charge on any atom is -0.480 e. The van der Waals surface area contributed by atoms with Crippen LogP contribution in [0, 0.1) is 10.1 Å². The lowest BCUT2D eigenvalue weighted by molar-refractivity contribution is -0.380. The number of nitrogens with zero attached hydrogens (tertiary/aromatic N) is 2. The third-order valence-corrected chi connectivity index (χ3v) is 5.28. The first-order valence-electron chi connectivity index (χ1n) is 8.43. The van der Waals surface area contributed by atoms with Gasteiger partial charge < -0.3 is 15.3 Å². The molecule has 0 spiro atoms. The lowest BCUT2D eigenvalue weighted by atomic mass is 10.1. The molecule has 1 saturated heterocycles. The van der Waals surface area contributed by atoms with Crippen molar-refractivity contribution in [3.63, 3.8) is 0 Å². The fourth-order valence-corrected chi connectivity index (χ4v) is 3.67. The zero-order valence-electron chi connectivity index (χ0n) is 14.3. The van der Waals surface area contributed by atoms with Crippen molar-refractivity contribution in [1.82, 2.24) is 10.2 Å². The van der Waals surface area contributed by atoms with Crippen LogP contribution >= 0.6 is 11.3 Å². The summed E-state index contributed by atoms with van der Waals surface area (Å²) in [5.41, 5.74) is 0. The van der Waals surface area contributed by atoms with E-state index in [1.807, 2.05) is 6.92 Å². The van der Waals surface area contributed by atoms with E-state index in [0.29, 0.717) is 32.2 Å². The molecule has 2 atom stereocenters. The SMILES string of the molecule is CCCCC(NC(=O)C1CCCN1C(=O)c1ccc([N+](=O)[O-])s1)C(=O)O. The van der Waals surface area contributed by atoms with Crippen molar-refractivity contribution in [3.8, 4) is 0 Å². The van der Waals surface area contributed by atoms with Crippen LogP contribution in [0.4, 0.5) is 5.00 Å². The summed E-state index contributed by atoms with van der Waals surface area (Å²) in [6, 6.07) is 0.892. The van der Waals surface area contributed by atoms with E-state index < -0.39 is 34.8 Å². The highest BCUT2D eigenvalue weighted by atomic mass is 32.1. The monoisotopic (exact) mass is 383 g/mol. The zero-order valence-corrected chi connectivity index (χ0v) is 15.2. The van der Waals surface area contributed by atoms with E-state index in [0.717, 1.165) is 17.8 Å². The van der Waals surface area contributed by atoms with Gasteiger partial charge in [-0.3, -0.25) is 19.7 Å². The lowest BCUT2D eigenvalue weighted by Gasteiger charge is -2.25. The molecule has 0 aliphatic carbocycles. The van der Waals surface area contributed by atoms with E-state index in [9.17, 15) is 29.6 Å². The number of unbranched alkanes of at least 4 members (excludes halogenated alkanes) is 1. The Labute approximate surface area is 154 Å². The standard InChI is InChI=1S/C16H21N3O6S/c1-2-3-5-10(16(22)23)17-14(20)11-6-4-9-18(11)15(21)12-7-8-13(26-12)19(24)25/h7-8,10-11H,2-6,9H2,1H3,(H,17,20)(H,22,23). The number of nitrogens with one attached hydrogen (secondary N) is 1. The van der Waals surface area contributed by atoms with Crippen molar-refractivity contribution < 1.29 is 24.4 Å². The Hall–Kier alpha value is -2.49. The summed E-state index contributed by atoms with van der Waals surface area (Å²) in [5, 5.41) is 22.4. The molecule has 142 valence electrons. The predicted molar refractivity (Wildman–Crippen MR) is 94.1 cm³/mol. The second-order valence-electron chi connectivity index (χ2n) is 6.09. The number of thiophene rings is 1. The molecule has 0 aromatic carbocycles. The van der Waals surface area contributed by atoms with Crippen LogP contribution in [0.2, 0.25) is 0 Å². The highest BCUT2D eigenvalue weighted by Crippen LogP contribution is 2.28. The van der Waals surface area contributed by atoms with Gasteiger partial charge in [-0.25, -0.2) is 4.79 Å². The predicted octanol–water partition coefficient (Wildman–Crippen LogP) is 2.02. The molecular formula is C16H21N3O6S. The van der Waals surface area contributed by atoms with Gasteiger partial charge in [0.1, 0.15) is 12.1 Å². The van der Waals surface area contributed by atoms with Crippen LogP contribution in [0.1, 0.15) is 48.7 Å². The molecule has 0 bridgehead atoms. The third-order valence-electron chi connectivity index (χ3n) is 4.26. The zero-order chi connectivity index (χ0) is 19.3. The van der Waals surface area contributed by atoms with Gasteiger partial charge in [0.25, 0.3) is 5.91 Å². The average molecular weight is 383 g/mol. The Bertz CT molecular complexity index is 704. The van der Waals surface area contributed by atoms with E-state index in [1.54, 1.807) is 0 Å². The van der Waals surface area contributed by atoms with E-state index in [1.165, 1.54) is 17.0 Å². The Morgan fingerprint density at radius 3 is 2.77 bits per heavy atom. The molecular weight excluding hydrogens is 362 g/mol. The molecule has 2 amide bonds. The smallest absolute Gasteiger partial charge is 0.326 e. The second-order valence-corrected chi connectivity index (χ2v) is 7.16. The summed E-state index contributed by atoms with van der Waals surface area (Å²) in [6.07, 6.45) is 2.86. The van der Waals surface area contributed by atoms with Crippen LogP contribution in [-0.4, -0.2) is 51.3 Å². The Morgan fingerprint density at radius 2 is 2.19 bits per heavy atom. The van der Waals surface area contributed by atoms with Crippen LogP contribution in [0.5, 0.6) is 0 Å². The minimum atomic E-state index is -1.10. The second kappa shape index (κ2) is 8.75. The number of nitro groups is 1. The Balaban J connectivity index is 2.07. The summed E-state index contributed by atoms with van der Waals surface area (Å²) >= 11 is 0.763. The molecule has 2 unspecified atom stereocenters. The van der Waals surface area contributed by atoms with Gasteiger partial charge in [-0.2, -0.15) is 0 Å². The van der Waals surface area contributed by atoms with Crippen molar-refractivity contribution in [2.24, 2.45) is 0 Å². The molecule has 26 heavy (non-hydrogen) atoms. The number of carboxylic acids is 1. The van der Waals surface area contributed by atoms with Gasteiger partial charge in [-0.1, -0.05) is 31.1 Å². The topological polar surface area (TPSA) is 130 Å². The molecule has 2 rings (SSSR count). The van der Waals surface area contributed by atoms with Gasteiger partial charge >= 0.3 is 11.0 Å². The maximum atomic E-state index is 12.6. The van der Waals surface area contributed by atoms with Crippen molar-refractivity contribution in [2.45, 2.75) is 51.1 Å². The fourth-order valence-electron chi connectivity index (χ4n) is 2.90. The van der Waals surface area contributed by atoms with Gasteiger partial charge in [-0.05, 0) is 25.3 Å². The summed E-state index contributed by atoms with van der Waals surface area (Å²) in [6.45, 7) is 2.29. The molecule has 2 N–H and O–H groups in total. The minimum absolute atomic E-state index is 0.140. The first-order valence-corrected chi connectivity index (χ1v) is 9.25. The van der Waals surface area contributed by atoms with Crippen molar-refractivity contribution in [2.75, 3.05) is 6.54 Å². The fraction of sp³-hybridized carbons (Fsp3) is 0.562. The number of likely N-dealkylation sites (tertiary alicyclic amines) is 1. The van der Waals surface area contributed by atoms with Gasteiger partial charge in [0.2, 0.25) is 5.91 Å². The van der Waals surface area contributed by atoms with E-state index in [-0.39, 0.29) is 9.88 Å². The van der Waals surface area contributed by atoms with E-state index in [2.05, 4.69) is 5.32 Å². The number of rotatable bonds is 8. The van der Waals surface area contributed by atoms with Crippen LogP contribution in [0.3, 0.4) is 0 Å². The molecule has 1 fully saturated rings. The van der Waals surface area contributed by atoms with Gasteiger partial charge in [0.05, 0.1) is 9.80 Å². The highest BCUT2D eigenvalue weighted by molar-refractivity contribution is 7.17. The lowest BCUT2D eigenvalue weighted by Crippen LogP contribution is -2.50. The first-order chi connectivity index (χ1) is 12.3. The van der Waals surface area contributed by atoms with Gasteiger partial charge in [0.15, 0.2) is 0 Å². The van der Waals surface area contributed by atoms with Crippen LogP contribution in [-0.2, 0) is 9.59 Å². The van der Waals surface area contributed by atoms with Crippen LogP contribution in [0.25, 0.3) is 0 Å². The highest BCUT2D eigenvalue weighted by Gasteiger charge is 2.36. The number of aliphatic carboxylic acids is 1. The molecule has 2 heterocycles. The Kier molecular flexibility index (Phi) is 6.67. The van der Waals surface area contributed by atoms with Crippen LogP contribution < -0.4 is 5.32 Å². The van der Waals surface area contributed by atoms with Crippen LogP contribution in [0.15, 0.2) is 12.1 Å². The summed E-state index contributed by atoms with van der Waals surface area (Å²) in [4.78, 5) is 48.2. The largest absolute Gasteiger partial charge is 0.480 e. The average Bonchev–Trinajstić information content (AvgIpc) is 3.26. The van der Waals surface area contributed by atoms with Gasteiger partial charge in [0, 0.05) is 12.6 Å². The molecule has 1 aromatic heterocycles. The number of hydrogen-bond donors (Lipinski definition) is 2. The number of carbonyl (C=O) groups is 3. The summed E-state index contributed by atoms with van der Waals surface area (Å²) < 4.78 is 0. The third kappa shape index (κ3) is 4.57. The maximum absolute atomic E-state index is 12.6. The first kappa shape index (κ1) is 19.8. The maximum Gasteiger partial charge on any atom is 0.326 e. The van der Waals surface area contributed by atoms with Gasteiger partial charge in [-0.15, -0.1) is 0 Å². The van der Waals surface area contributed by atoms with E-state index in [4.69, 9.17) is 0 Å². The molecule has 0 radical (unpaired) electrons. The number of carbonyl (C=O) groups excluding carboxylic acids is 2. The van der Waals surface area contributed by atoms with Crippen molar-refractivity contribution >= 4 is 34.1 Å². The number of carboxylic acid groups (broad SMARTS) is 1. The number of hydrogen-bond acceptors (Lipinski definition) is 6. The molecule has 1 aliphatic heterocycles. The van der Waals surface area contributed by atoms with Crippen molar-refractivity contribution in [1.29, 1.82) is 0 Å². The summed E-state index contributed by atoms with van der Waals surface area (Å²) in [7, 11) is 0. The number of amides is 2. The normalized spacial score (nSPS) is 17.7. The molecule has 1 aliphatic rings. The van der Waals surface area contributed by atoms with Crippen molar-refractivity contribution in [3.05, 3.63) is 27.1 Å². The molecule has 9 nitrogen and oxygen atoms in total. The van der Waals surface area contributed by atoms with E-state index >= 15 is 0 Å². The quantitative estimate of drug-likeness (QED) is 0.522. The summed E-state index contributed by atoms with van der Waals surface area (Å²) in [5.74, 6) is -2.04. The molecule has 10 heteroatoms. The molecule has 1 aromatic rings.